The molecular weight excluding hydrogens is 542 g/mol. The Kier molecular flexibility index (Phi) is 11.9. The molecule has 2 aliphatic heterocycles. The summed E-state index contributed by atoms with van der Waals surface area (Å²) in [5.41, 5.74) is 14.2. The molecule has 3 aliphatic rings. The van der Waals surface area contributed by atoms with Gasteiger partial charge in [0.25, 0.3) is 0 Å². The Balaban J connectivity index is 1.63. The van der Waals surface area contributed by atoms with Crippen LogP contribution in [0.5, 0.6) is 0 Å². The zero-order valence-corrected chi connectivity index (χ0v) is 28.5. The number of hydrazone groups is 1. The molecule has 0 radical (unpaired) electrons. The second-order valence-electron chi connectivity index (χ2n) is 14.2. The van der Waals surface area contributed by atoms with Crippen LogP contribution in [-0.4, -0.2) is 71.9 Å². The van der Waals surface area contributed by atoms with E-state index in [0.717, 1.165) is 61.0 Å². The standard InChI is InChI=1S/C37H61N7/c1-9-31-18-20-37(7,21-19-31)44(30(6)29(5)43-24-23-42-22-10-11-34(42)26-43)35(17-12-27(2)3)33-15-13-32(14-16-33)28(4)40-25-36(38)41-39-8/h13-16,27,31,34-35,39-40H,4-6,9-12,17-26H2,1-3,7-8H3,(H2,38,41). The molecule has 1 aromatic carbocycles. The molecule has 0 amide bonds. The van der Waals surface area contributed by atoms with E-state index in [1.165, 1.54) is 57.1 Å². The molecule has 244 valence electrons. The molecule has 2 unspecified atom stereocenters. The van der Waals surface area contributed by atoms with Crippen molar-refractivity contribution in [1.29, 1.82) is 0 Å². The fourth-order valence-corrected chi connectivity index (χ4v) is 7.72. The van der Waals surface area contributed by atoms with E-state index in [9.17, 15) is 0 Å². The highest BCUT2D eigenvalue weighted by atomic mass is 15.3. The number of benzene rings is 1. The number of hydrogen-bond acceptors (Lipinski definition) is 6. The van der Waals surface area contributed by atoms with Crippen LogP contribution in [0.25, 0.3) is 5.70 Å². The van der Waals surface area contributed by atoms with Crippen LogP contribution >= 0.6 is 0 Å². The van der Waals surface area contributed by atoms with E-state index in [4.69, 9.17) is 18.9 Å². The summed E-state index contributed by atoms with van der Waals surface area (Å²) in [6.45, 7) is 28.4. The first-order chi connectivity index (χ1) is 21.1. The number of rotatable bonds is 15. The Hall–Kier alpha value is -2.93. The first-order valence-corrected chi connectivity index (χ1v) is 17.2. The molecule has 4 rings (SSSR count). The second-order valence-corrected chi connectivity index (χ2v) is 14.2. The number of piperazine rings is 1. The van der Waals surface area contributed by atoms with Gasteiger partial charge in [-0.25, -0.2) is 0 Å². The molecule has 7 heteroatoms. The van der Waals surface area contributed by atoms with Crippen LogP contribution in [0.4, 0.5) is 0 Å². The maximum atomic E-state index is 5.96. The number of nitrogens with zero attached hydrogens (tertiary/aromatic N) is 4. The second kappa shape index (κ2) is 15.4. The molecule has 7 nitrogen and oxygen atoms in total. The maximum Gasteiger partial charge on any atom is 0.138 e. The van der Waals surface area contributed by atoms with Crippen molar-refractivity contribution in [2.24, 2.45) is 22.7 Å². The van der Waals surface area contributed by atoms with Gasteiger partial charge < -0.3 is 26.3 Å². The third-order valence-electron chi connectivity index (χ3n) is 10.6. The Bertz CT molecular complexity index is 1140. The van der Waals surface area contributed by atoms with Crippen molar-refractivity contribution >= 4 is 11.5 Å². The lowest BCUT2D eigenvalue weighted by Gasteiger charge is -2.53. The van der Waals surface area contributed by atoms with Crippen molar-refractivity contribution in [1.82, 2.24) is 25.4 Å². The van der Waals surface area contributed by atoms with Crippen molar-refractivity contribution in [2.75, 3.05) is 39.8 Å². The molecule has 0 aromatic heterocycles. The van der Waals surface area contributed by atoms with Crippen LogP contribution in [-0.2, 0) is 0 Å². The third-order valence-corrected chi connectivity index (χ3v) is 10.6. The van der Waals surface area contributed by atoms with Crippen LogP contribution in [0.15, 0.2) is 60.5 Å². The van der Waals surface area contributed by atoms with Crippen molar-refractivity contribution in [2.45, 2.75) is 103 Å². The van der Waals surface area contributed by atoms with Gasteiger partial charge in [-0.05, 0) is 87.8 Å². The van der Waals surface area contributed by atoms with Crippen LogP contribution in [0.1, 0.15) is 103 Å². The highest BCUT2D eigenvalue weighted by Crippen LogP contribution is 2.46. The number of hydrogen-bond donors (Lipinski definition) is 3. The van der Waals surface area contributed by atoms with Crippen LogP contribution < -0.4 is 16.5 Å². The van der Waals surface area contributed by atoms with Gasteiger partial charge in [0.1, 0.15) is 5.84 Å². The summed E-state index contributed by atoms with van der Waals surface area (Å²) in [5.74, 6) is 1.95. The molecule has 0 bridgehead atoms. The average Bonchev–Trinajstić information content (AvgIpc) is 3.50. The Morgan fingerprint density at radius 3 is 2.41 bits per heavy atom. The molecule has 3 fully saturated rings. The average molecular weight is 604 g/mol. The fraction of sp³-hybridized carbons (Fsp3) is 0.649. The van der Waals surface area contributed by atoms with E-state index >= 15 is 0 Å². The Morgan fingerprint density at radius 1 is 1.07 bits per heavy atom. The Morgan fingerprint density at radius 2 is 1.77 bits per heavy atom. The minimum Gasteiger partial charge on any atom is -0.384 e. The van der Waals surface area contributed by atoms with E-state index in [1.54, 1.807) is 7.05 Å². The van der Waals surface area contributed by atoms with Gasteiger partial charge in [-0.1, -0.05) is 71.2 Å². The molecule has 4 N–H and O–H groups in total. The number of nitrogens with one attached hydrogen (secondary N) is 2. The maximum absolute atomic E-state index is 5.96. The zero-order chi connectivity index (χ0) is 31.9. The lowest BCUT2D eigenvalue weighted by molar-refractivity contribution is 0.0351. The summed E-state index contributed by atoms with van der Waals surface area (Å²) in [6.07, 6.45) is 11.1. The van der Waals surface area contributed by atoms with E-state index < -0.39 is 0 Å². The Labute approximate surface area is 268 Å². The van der Waals surface area contributed by atoms with Crippen molar-refractivity contribution in [3.63, 3.8) is 0 Å². The third kappa shape index (κ3) is 8.21. The van der Waals surface area contributed by atoms with Gasteiger partial charge in [-0.15, -0.1) is 0 Å². The minimum atomic E-state index is 0.0382. The van der Waals surface area contributed by atoms with Gasteiger partial charge in [0, 0.05) is 44.0 Å². The molecular formula is C37H61N7. The normalized spacial score (nSPS) is 25.0. The summed E-state index contributed by atoms with van der Waals surface area (Å²) in [6, 6.07) is 9.89. The topological polar surface area (TPSA) is 72.2 Å². The largest absolute Gasteiger partial charge is 0.384 e. The SMILES string of the molecule is C=C(NC/C(N)=N/NC)c1ccc(C(CCC(C)C)N(C(=C)C(=C)N2CCN3CCCC3C2)C2(C)CCC(CC)CC2)cc1. The monoisotopic (exact) mass is 603 g/mol. The first-order valence-electron chi connectivity index (χ1n) is 17.2. The first kappa shape index (κ1) is 34.0. The van der Waals surface area contributed by atoms with Crippen molar-refractivity contribution in [3.8, 4) is 0 Å². The lowest BCUT2D eigenvalue weighted by Crippen LogP contribution is -2.53. The van der Waals surface area contributed by atoms with Crippen LogP contribution in [0.3, 0.4) is 0 Å². The molecule has 1 saturated carbocycles. The number of fused-ring (bicyclic) bond motifs is 1. The summed E-state index contributed by atoms with van der Waals surface area (Å²) >= 11 is 0. The summed E-state index contributed by atoms with van der Waals surface area (Å²) < 4.78 is 0. The van der Waals surface area contributed by atoms with Crippen molar-refractivity contribution in [3.05, 3.63) is 66.5 Å². The quantitative estimate of drug-likeness (QED) is 0.0899. The van der Waals surface area contributed by atoms with Gasteiger partial charge in [-0.2, -0.15) is 5.10 Å². The molecule has 1 aromatic rings. The van der Waals surface area contributed by atoms with Gasteiger partial charge >= 0.3 is 0 Å². The molecule has 1 aliphatic carbocycles. The van der Waals surface area contributed by atoms with Gasteiger partial charge in [0.15, 0.2) is 0 Å². The van der Waals surface area contributed by atoms with Gasteiger partial charge in [0.2, 0.25) is 0 Å². The predicted octanol–water partition coefficient (Wildman–Crippen LogP) is 6.68. The van der Waals surface area contributed by atoms with Gasteiger partial charge in [-0.3, -0.25) is 4.90 Å². The van der Waals surface area contributed by atoms with Crippen LogP contribution in [0.2, 0.25) is 0 Å². The molecule has 0 spiro atoms. The smallest absolute Gasteiger partial charge is 0.138 e. The van der Waals surface area contributed by atoms with E-state index in [1.807, 2.05) is 0 Å². The molecule has 2 atom stereocenters. The van der Waals surface area contributed by atoms with E-state index in [2.05, 4.69) is 89.1 Å². The molecule has 44 heavy (non-hydrogen) atoms. The molecule has 2 saturated heterocycles. The predicted molar refractivity (Wildman–Crippen MR) is 188 cm³/mol. The summed E-state index contributed by atoms with van der Waals surface area (Å²) in [5, 5.41) is 7.35. The minimum absolute atomic E-state index is 0.0382. The highest BCUT2D eigenvalue weighted by molar-refractivity contribution is 5.83. The van der Waals surface area contributed by atoms with E-state index in [0.29, 0.717) is 24.3 Å². The van der Waals surface area contributed by atoms with Gasteiger partial charge in [0.05, 0.1) is 24.0 Å². The number of amidine groups is 1. The van der Waals surface area contributed by atoms with Crippen molar-refractivity contribution < 1.29 is 0 Å². The molecule has 2 heterocycles. The highest BCUT2D eigenvalue weighted by Gasteiger charge is 2.42. The van der Waals surface area contributed by atoms with Crippen LogP contribution in [0, 0.1) is 11.8 Å². The lowest BCUT2D eigenvalue weighted by atomic mass is 9.74. The summed E-state index contributed by atoms with van der Waals surface area (Å²) in [7, 11) is 1.74. The fourth-order valence-electron chi connectivity index (χ4n) is 7.72. The zero-order valence-electron chi connectivity index (χ0n) is 28.5. The number of nitrogens with two attached hydrogens (primary N) is 1. The summed E-state index contributed by atoms with van der Waals surface area (Å²) in [4.78, 5) is 7.96. The van der Waals surface area contributed by atoms with E-state index in [-0.39, 0.29) is 11.6 Å².